The summed E-state index contributed by atoms with van der Waals surface area (Å²) >= 11 is 0. The van der Waals surface area contributed by atoms with Gasteiger partial charge in [-0.05, 0) is 29.8 Å². The van der Waals surface area contributed by atoms with Crippen LogP contribution >= 0.6 is 0 Å². The van der Waals surface area contributed by atoms with Gasteiger partial charge in [0.05, 0.1) is 18.8 Å². The number of hydrogen-bond acceptors (Lipinski definition) is 3. The second-order valence-corrected chi connectivity index (χ2v) is 5.55. The minimum Gasteiger partial charge on any atom is -0.497 e. The number of methoxy groups -OCH3 is 1. The SMILES string of the molecule is COc1cccc(-c2n[nH]c3c2[C@@H](c2ccc(F)cc2)NC3=O)c1. The molecule has 24 heavy (non-hydrogen) atoms. The Morgan fingerprint density at radius 3 is 2.71 bits per heavy atom. The molecule has 4 rings (SSSR count). The number of carbonyl (C=O) groups is 1. The smallest absolute Gasteiger partial charge is 0.270 e. The minimum atomic E-state index is -0.368. The van der Waals surface area contributed by atoms with E-state index >= 15 is 0 Å². The molecule has 3 aromatic rings. The quantitative estimate of drug-likeness (QED) is 0.778. The third kappa shape index (κ3) is 2.23. The van der Waals surface area contributed by atoms with Crippen molar-refractivity contribution in [2.24, 2.45) is 0 Å². The van der Waals surface area contributed by atoms with Crippen molar-refractivity contribution in [3.05, 3.63) is 71.2 Å². The maximum atomic E-state index is 13.2. The Kier molecular flexibility index (Phi) is 3.30. The van der Waals surface area contributed by atoms with Crippen LogP contribution < -0.4 is 10.1 Å². The summed E-state index contributed by atoms with van der Waals surface area (Å²) in [4.78, 5) is 12.2. The molecule has 0 radical (unpaired) electrons. The summed E-state index contributed by atoms with van der Waals surface area (Å²) in [5.74, 6) is 0.171. The molecule has 1 aliphatic heterocycles. The highest BCUT2D eigenvalue weighted by molar-refractivity contribution is 6.00. The van der Waals surface area contributed by atoms with Gasteiger partial charge in [-0.1, -0.05) is 24.3 Å². The predicted octanol–water partition coefficient (Wildman–Crippen LogP) is 3.06. The standard InChI is InChI=1S/C18H14FN3O2/c1-24-13-4-2-3-11(9-13)16-14-15(10-5-7-12(19)8-6-10)20-18(23)17(14)22-21-16/h2-9,15H,1H3,(H,20,23)(H,21,22)/t15-/m1/s1. The maximum Gasteiger partial charge on any atom is 0.270 e. The Balaban J connectivity index is 1.84. The average Bonchev–Trinajstić information content (AvgIpc) is 3.17. The van der Waals surface area contributed by atoms with Crippen molar-refractivity contribution < 1.29 is 13.9 Å². The zero-order valence-corrected chi connectivity index (χ0v) is 12.8. The molecule has 6 heteroatoms. The van der Waals surface area contributed by atoms with Gasteiger partial charge in [0.25, 0.3) is 5.91 Å². The average molecular weight is 323 g/mol. The first kappa shape index (κ1) is 14.4. The Morgan fingerprint density at radius 2 is 1.96 bits per heavy atom. The summed E-state index contributed by atoms with van der Waals surface area (Å²) in [6.45, 7) is 0. The van der Waals surface area contributed by atoms with Gasteiger partial charge in [0.2, 0.25) is 0 Å². The molecule has 1 aliphatic rings. The highest BCUT2D eigenvalue weighted by atomic mass is 19.1. The first-order chi connectivity index (χ1) is 11.7. The number of ether oxygens (including phenoxy) is 1. The number of nitrogens with zero attached hydrogens (tertiary/aromatic N) is 1. The highest BCUT2D eigenvalue weighted by Crippen LogP contribution is 2.37. The first-order valence-corrected chi connectivity index (χ1v) is 7.46. The van der Waals surface area contributed by atoms with Crippen molar-refractivity contribution in [1.82, 2.24) is 15.5 Å². The summed E-state index contributed by atoms with van der Waals surface area (Å²) in [5.41, 5.74) is 3.52. The van der Waals surface area contributed by atoms with E-state index in [1.54, 1.807) is 19.2 Å². The number of aromatic amines is 1. The van der Waals surface area contributed by atoms with Gasteiger partial charge in [0.1, 0.15) is 17.3 Å². The van der Waals surface area contributed by atoms with Gasteiger partial charge in [-0.2, -0.15) is 5.10 Å². The van der Waals surface area contributed by atoms with Crippen molar-refractivity contribution in [2.45, 2.75) is 6.04 Å². The first-order valence-electron chi connectivity index (χ1n) is 7.46. The monoisotopic (exact) mass is 323 g/mol. The van der Waals surface area contributed by atoms with Gasteiger partial charge < -0.3 is 10.1 Å². The van der Waals surface area contributed by atoms with Crippen LogP contribution in [0.5, 0.6) is 5.75 Å². The number of fused-ring (bicyclic) bond motifs is 1. The fourth-order valence-electron chi connectivity index (χ4n) is 2.98. The molecule has 0 fully saturated rings. The molecular weight excluding hydrogens is 309 g/mol. The molecular formula is C18H14FN3O2. The molecule has 2 N–H and O–H groups in total. The topological polar surface area (TPSA) is 67.0 Å². The van der Waals surface area contributed by atoms with E-state index in [2.05, 4.69) is 15.5 Å². The van der Waals surface area contributed by atoms with E-state index in [9.17, 15) is 9.18 Å². The van der Waals surface area contributed by atoms with Crippen molar-refractivity contribution in [2.75, 3.05) is 7.11 Å². The Bertz CT molecular complexity index is 918. The molecule has 2 aromatic carbocycles. The predicted molar refractivity (Wildman–Crippen MR) is 86.3 cm³/mol. The Morgan fingerprint density at radius 1 is 1.17 bits per heavy atom. The zero-order valence-electron chi connectivity index (χ0n) is 12.8. The number of nitrogens with one attached hydrogen (secondary N) is 2. The van der Waals surface area contributed by atoms with Crippen LogP contribution in [-0.2, 0) is 0 Å². The third-order valence-corrected chi connectivity index (χ3v) is 4.14. The van der Waals surface area contributed by atoms with E-state index in [0.717, 1.165) is 16.7 Å². The van der Waals surface area contributed by atoms with Gasteiger partial charge in [-0.15, -0.1) is 0 Å². The van der Waals surface area contributed by atoms with Crippen molar-refractivity contribution in [3.63, 3.8) is 0 Å². The zero-order chi connectivity index (χ0) is 16.7. The Hall–Kier alpha value is -3.15. The van der Waals surface area contributed by atoms with Crippen molar-refractivity contribution in [3.8, 4) is 17.0 Å². The lowest BCUT2D eigenvalue weighted by Gasteiger charge is -2.13. The van der Waals surface area contributed by atoms with Gasteiger partial charge in [-0.3, -0.25) is 9.89 Å². The van der Waals surface area contributed by atoms with E-state index in [1.165, 1.54) is 12.1 Å². The Labute approximate surface area is 137 Å². The molecule has 0 saturated heterocycles. The summed E-state index contributed by atoms with van der Waals surface area (Å²) in [6.07, 6.45) is 0. The molecule has 2 heterocycles. The van der Waals surface area contributed by atoms with Crippen LogP contribution in [-0.4, -0.2) is 23.2 Å². The number of aromatic nitrogens is 2. The molecule has 0 unspecified atom stereocenters. The van der Waals surface area contributed by atoms with E-state index < -0.39 is 0 Å². The molecule has 120 valence electrons. The fraction of sp³-hybridized carbons (Fsp3) is 0.111. The van der Waals surface area contributed by atoms with Gasteiger partial charge in [0, 0.05) is 11.1 Å². The summed E-state index contributed by atoms with van der Waals surface area (Å²) in [5, 5.41) is 10.0. The van der Waals surface area contributed by atoms with E-state index in [4.69, 9.17) is 4.74 Å². The van der Waals surface area contributed by atoms with Crippen molar-refractivity contribution >= 4 is 5.91 Å². The van der Waals surface area contributed by atoms with E-state index in [0.29, 0.717) is 17.1 Å². The lowest BCUT2D eigenvalue weighted by atomic mass is 9.97. The van der Waals surface area contributed by atoms with Crippen LogP contribution in [0, 0.1) is 5.82 Å². The molecule has 0 bridgehead atoms. The number of carbonyl (C=O) groups excluding carboxylic acids is 1. The second-order valence-electron chi connectivity index (χ2n) is 5.55. The number of amides is 1. The molecule has 5 nitrogen and oxygen atoms in total. The molecule has 1 aromatic heterocycles. The minimum absolute atomic E-state index is 0.221. The fourth-order valence-corrected chi connectivity index (χ4v) is 2.98. The van der Waals surface area contributed by atoms with Crippen molar-refractivity contribution in [1.29, 1.82) is 0 Å². The molecule has 1 amide bonds. The summed E-state index contributed by atoms with van der Waals surface area (Å²) < 4.78 is 18.4. The second kappa shape index (κ2) is 5.49. The van der Waals surface area contributed by atoms with Crippen LogP contribution in [0.4, 0.5) is 4.39 Å². The summed E-state index contributed by atoms with van der Waals surface area (Å²) in [7, 11) is 1.60. The number of rotatable bonds is 3. The number of halogens is 1. The van der Waals surface area contributed by atoms with E-state index in [-0.39, 0.29) is 17.8 Å². The molecule has 0 aliphatic carbocycles. The highest BCUT2D eigenvalue weighted by Gasteiger charge is 2.35. The molecule has 1 atom stereocenters. The third-order valence-electron chi connectivity index (χ3n) is 4.14. The maximum absolute atomic E-state index is 13.2. The number of H-pyrrole nitrogens is 1. The van der Waals surface area contributed by atoms with Crippen LogP contribution in [0.3, 0.4) is 0 Å². The lowest BCUT2D eigenvalue weighted by Crippen LogP contribution is -2.21. The summed E-state index contributed by atoms with van der Waals surface area (Å²) in [6, 6.07) is 13.2. The van der Waals surface area contributed by atoms with Crippen LogP contribution in [0.2, 0.25) is 0 Å². The van der Waals surface area contributed by atoms with Crippen LogP contribution in [0.1, 0.15) is 27.7 Å². The van der Waals surface area contributed by atoms with Crippen LogP contribution in [0.15, 0.2) is 48.5 Å². The van der Waals surface area contributed by atoms with E-state index in [1.807, 2.05) is 24.3 Å². The molecule has 0 spiro atoms. The molecule has 0 saturated carbocycles. The van der Waals surface area contributed by atoms with Gasteiger partial charge in [-0.25, -0.2) is 4.39 Å². The van der Waals surface area contributed by atoms with Crippen LogP contribution in [0.25, 0.3) is 11.3 Å². The number of hydrogen-bond donors (Lipinski definition) is 2. The van der Waals surface area contributed by atoms with Gasteiger partial charge in [0.15, 0.2) is 0 Å². The number of benzene rings is 2. The lowest BCUT2D eigenvalue weighted by molar-refractivity contribution is 0.0955. The normalized spacial score (nSPS) is 15.9. The van der Waals surface area contributed by atoms with Gasteiger partial charge >= 0.3 is 0 Å². The largest absolute Gasteiger partial charge is 0.497 e.